The minimum Gasteiger partial charge on any atom is -0.495 e. The lowest BCUT2D eigenvalue weighted by Crippen LogP contribution is -2.23. The van der Waals surface area contributed by atoms with Crippen LogP contribution in [0.3, 0.4) is 0 Å². The largest absolute Gasteiger partial charge is 0.495 e. The van der Waals surface area contributed by atoms with E-state index in [-0.39, 0.29) is 18.5 Å². The molecule has 2 heterocycles. The van der Waals surface area contributed by atoms with Crippen LogP contribution in [-0.2, 0) is 16.1 Å². The molecule has 0 bridgehead atoms. The first kappa shape index (κ1) is 18.1. The van der Waals surface area contributed by atoms with E-state index in [1.165, 1.54) is 34.5 Å². The number of nitrogens with zero attached hydrogens (tertiary/aromatic N) is 2. The van der Waals surface area contributed by atoms with Crippen LogP contribution in [0.15, 0.2) is 47.2 Å². The smallest absolute Gasteiger partial charge is 0.348 e. The fourth-order valence-electron chi connectivity index (χ4n) is 2.29. The number of carbonyl (C=O) groups excluding carboxylic acids is 2. The zero-order valence-corrected chi connectivity index (χ0v) is 15.8. The summed E-state index contributed by atoms with van der Waals surface area (Å²) in [5, 5.41) is 4.07. The summed E-state index contributed by atoms with van der Waals surface area (Å²) in [7, 11) is 1.55. The molecule has 26 heavy (non-hydrogen) atoms. The molecule has 3 aromatic rings. The molecule has 0 atom stereocenters. The molecule has 0 aliphatic carbocycles. The van der Waals surface area contributed by atoms with Gasteiger partial charge >= 0.3 is 5.97 Å². The average Bonchev–Trinajstić information content (AvgIpc) is 3.32. The van der Waals surface area contributed by atoms with Gasteiger partial charge in [-0.15, -0.1) is 22.7 Å². The highest BCUT2D eigenvalue weighted by atomic mass is 32.1. The maximum atomic E-state index is 12.2. The predicted octanol–water partition coefficient (Wildman–Crippen LogP) is 4.25. The van der Waals surface area contributed by atoms with Crippen LogP contribution in [0.1, 0.15) is 22.3 Å². The summed E-state index contributed by atoms with van der Waals surface area (Å²) in [6.45, 7) is 1.51. The molecule has 0 unspecified atom stereocenters. The van der Waals surface area contributed by atoms with Crippen LogP contribution in [0.4, 0.5) is 10.8 Å². The van der Waals surface area contributed by atoms with Crippen LogP contribution >= 0.6 is 22.7 Å². The first-order valence-corrected chi connectivity index (χ1v) is 9.45. The SMILES string of the molecule is COc1ccccc1N(C(C)=O)c1nc(COC(=O)c2cccs2)cs1. The van der Waals surface area contributed by atoms with Crippen LogP contribution in [0.25, 0.3) is 0 Å². The highest BCUT2D eigenvalue weighted by Crippen LogP contribution is 2.35. The van der Waals surface area contributed by atoms with Crippen LogP contribution in [0, 0.1) is 0 Å². The van der Waals surface area contributed by atoms with Gasteiger partial charge in [0.2, 0.25) is 5.91 Å². The van der Waals surface area contributed by atoms with Crippen molar-refractivity contribution in [3.8, 4) is 5.75 Å². The maximum absolute atomic E-state index is 12.2. The Morgan fingerprint density at radius 1 is 1.15 bits per heavy atom. The van der Waals surface area contributed by atoms with Gasteiger partial charge in [-0.2, -0.15) is 0 Å². The van der Waals surface area contributed by atoms with Gasteiger partial charge in [-0.3, -0.25) is 9.69 Å². The van der Waals surface area contributed by atoms with Gasteiger partial charge < -0.3 is 9.47 Å². The first-order chi connectivity index (χ1) is 12.6. The van der Waals surface area contributed by atoms with Crippen molar-refractivity contribution in [2.24, 2.45) is 0 Å². The molecule has 0 spiro atoms. The summed E-state index contributed by atoms with van der Waals surface area (Å²) in [5.74, 6) is -0.00254. The molecule has 0 fully saturated rings. The van der Waals surface area contributed by atoms with E-state index in [2.05, 4.69) is 4.98 Å². The number of para-hydroxylation sites is 2. The van der Waals surface area contributed by atoms with E-state index in [0.29, 0.717) is 27.1 Å². The summed E-state index contributed by atoms with van der Waals surface area (Å²) in [6, 6.07) is 10.7. The minimum absolute atomic E-state index is 0.0465. The summed E-state index contributed by atoms with van der Waals surface area (Å²) in [4.78, 5) is 30.6. The highest BCUT2D eigenvalue weighted by Gasteiger charge is 2.21. The van der Waals surface area contributed by atoms with Crippen LogP contribution in [0.5, 0.6) is 5.75 Å². The molecular weight excluding hydrogens is 372 g/mol. The monoisotopic (exact) mass is 388 g/mol. The molecule has 6 nitrogen and oxygen atoms in total. The maximum Gasteiger partial charge on any atom is 0.348 e. The molecule has 0 radical (unpaired) electrons. The van der Waals surface area contributed by atoms with Crippen LogP contribution in [-0.4, -0.2) is 24.0 Å². The van der Waals surface area contributed by atoms with Gasteiger partial charge in [0.25, 0.3) is 0 Å². The Bertz CT molecular complexity index is 906. The van der Waals surface area contributed by atoms with E-state index in [9.17, 15) is 9.59 Å². The van der Waals surface area contributed by atoms with Crippen molar-refractivity contribution in [3.05, 3.63) is 57.7 Å². The quantitative estimate of drug-likeness (QED) is 0.590. The number of hydrogen-bond acceptors (Lipinski definition) is 7. The first-order valence-electron chi connectivity index (χ1n) is 7.69. The summed E-state index contributed by atoms with van der Waals surface area (Å²) >= 11 is 2.62. The number of amides is 1. The molecule has 0 saturated carbocycles. The third kappa shape index (κ3) is 3.92. The molecule has 0 saturated heterocycles. The second-order valence-electron chi connectivity index (χ2n) is 5.20. The van der Waals surface area contributed by atoms with Gasteiger partial charge in [-0.25, -0.2) is 9.78 Å². The van der Waals surface area contributed by atoms with E-state index in [1.54, 1.807) is 36.8 Å². The van der Waals surface area contributed by atoms with Crippen molar-refractivity contribution >= 4 is 45.4 Å². The fourth-order valence-corrected chi connectivity index (χ4v) is 3.77. The Balaban J connectivity index is 1.78. The van der Waals surface area contributed by atoms with Gasteiger partial charge in [-0.1, -0.05) is 18.2 Å². The molecule has 134 valence electrons. The van der Waals surface area contributed by atoms with Gasteiger partial charge in [0.1, 0.15) is 17.2 Å². The zero-order chi connectivity index (χ0) is 18.5. The molecule has 1 aromatic carbocycles. The number of carbonyl (C=O) groups is 2. The third-order valence-corrected chi connectivity index (χ3v) is 5.17. The van der Waals surface area contributed by atoms with Crippen molar-refractivity contribution in [1.82, 2.24) is 4.98 Å². The lowest BCUT2D eigenvalue weighted by molar-refractivity contribution is -0.115. The number of anilines is 2. The van der Waals surface area contributed by atoms with Gasteiger partial charge in [0, 0.05) is 12.3 Å². The standard InChI is InChI=1S/C18H16N2O4S2/c1-12(21)20(14-6-3-4-7-15(14)23-2)18-19-13(11-26-18)10-24-17(22)16-8-5-9-25-16/h3-9,11H,10H2,1-2H3. The summed E-state index contributed by atoms with van der Waals surface area (Å²) in [6.07, 6.45) is 0. The molecule has 0 aliphatic rings. The van der Waals surface area contributed by atoms with Crippen molar-refractivity contribution in [1.29, 1.82) is 0 Å². The number of benzene rings is 1. The molecule has 2 aromatic heterocycles. The van der Waals surface area contributed by atoms with Gasteiger partial charge in [-0.05, 0) is 23.6 Å². The second-order valence-corrected chi connectivity index (χ2v) is 6.99. The summed E-state index contributed by atoms with van der Waals surface area (Å²) < 4.78 is 10.6. The Kier molecular flexibility index (Phi) is 5.65. The number of thiophene rings is 1. The number of esters is 1. The Labute approximate surface area is 158 Å². The van der Waals surface area contributed by atoms with E-state index >= 15 is 0 Å². The van der Waals surface area contributed by atoms with Crippen molar-refractivity contribution < 1.29 is 19.1 Å². The number of ether oxygens (including phenoxy) is 2. The van der Waals surface area contributed by atoms with E-state index < -0.39 is 0 Å². The predicted molar refractivity (Wildman–Crippen MR) is 101 cm³/mol. The molecule has 0 aliphatic heterocycles. The van der Waals surface area contributed by atoms with Crippen molar-refractivity contribution in [2.75, 3.05) is 12.0 Å². The van der Waals surface area contributed by atoms with E-state index in [4.69, 9.17) is 9.47 Å². The van der Waals surface area contributed by atoms with E-state index in [1.807, 2.05) is 17.5 Å². The molecule has 1 amide bonds. The van der Waals surface area contributed by atoms with Crippen molar-refractivity contribution in [3.63, 3.8) is 0 Å². The Morgan fingerprint density at radius 3 is 2.65 bits per heavy atom. The molecule has 0 N–H and O–H groups in total. The topological polar surface area (TPSA) is 68.7 Å². The number of aromatic nitrogens is 1. The fraction of sp³-hybridized carbons (Fsp3) is 0.167. The number of rotatable bonds is 6. The highest BCUT2D eigenvalue weighted by molar-refractivity contribution is 7.14. The second kappa shape index (κ2) is 8.11. The minimum atomic E-state index is -0.386. The number of hydrogen-bond donors (Lipinski definition) is 0. The van der Waals surface area contributed by atoms with Gasteiger partial charge in [0.05, 0.1) is 18.5 Å². The Hall–Kier alpha value is -2.71. The van der Waals surface area contributed by atoms with Crippen LogP contribution < -0.4 is 9.64 Å². The third-order valence-electron chi connectivity index (χ3n) is 3.45. The molecule has 8 heteroatoms. The normalized spacial score (nSPS) is 10.4. The molecule has 3 rings (SSSR count). The lowest BCUT2D eigenvalue weighted by atomic mass is 10.2. The summed E-state index contributed by atoms with van der Waals surface area (Å²) in [5.41, 5.74) is 1.19. The lowest BCUT2D eigenvalue weighted by Gasteiger charge is -2.20. The molecular formula is C18H16N2O4S2. The van der Waals surface area contributed by atoms with E-state index in [0.717, 1.165) is 0 Å². The number of thiazole rings is 1. The van der Waals surface area contributed by atoms with Crippen LogP contribution in [0.2, 0.25) is 0 Å². The zero-order valence-electron chi connectivity index (χ0n) is 14.2. The number of methoxy groups -OCH3 is 1. The Morgan fingerprint density at radius 2 is 1.96 bits per heavy atom. The van der Waals surface area contributed by atoms with Gasteiger partial charge in [0.15, 0.2) is 5.13 Å². The van der Waals surface area contributed by atoms with Crippen molar-refractivity contribution in [2.45, 2.75) is 13.5 Å². The average molecular weight is 388 g/mol.